The van der Waals surface area contributed by atoms with Crippen LogP contribution in [0.2, 0.25) is 0 Å². The Balaban J connectivity index is 2.08. The molecule has 0 spiro atoms. The molecule has 1 aromatic carbocycles. The first-order valence-electron chi connectivity index (χ1n) is 6.64. The van der Waals surface area contributed by atoms with Crippen molar-refractivity contribution in [3.63, 3.8) is 0 Å². The van der Waals surface area contributed by atoms with Gasteiger partial charge in [0.2, 0.25) is 5.91 Å². The summed E-state index contributed by atoms with van der Waals surface area (Å²) in [5.41, 5.74) is 0.452. The molecule has 0 saturated heterocycles. The Bertz CT molecular complexity index is 612. The maximum Gasteiger partial charge on any atom is 0.227 e. The second-order valence-electron chi connectivity index (χ2n) is 5.06. The molecule has 0 saturated carbocycles. The fourth-order valence-corrected chi connectivity index (χ4v) is 2.08. The molecule has 0 bridgehead atoms. The average Bonchev–Trinajstić information content (AvgIpc) is 2.48. The van der Waals surface area contributed by atoms with Crippen LogP contribution < -0.4 is 5.32 Å². The minimum absolute atomic E-state index is 0.0865. The summed E-state index contributed by atoms with van der Waals surface area (Å²) in [7, 11) is 0. The molecule has 2 rings (SSSR count). The Morgan fingerprint density at radius 2 is 2.00 bits per heavy atom. The van der Waals surface area contributed by atoms with Crippen LogP contribution in [-0.2, 0) is 17.0 Å². The first-order valence-corrected chi connectivity index (χ1v) is 6.64. The average molecular weight is 286 g/mol. The smallest absolute Gasteiger partial charge is 0.227 e. The van der Waals surface area contributed by atoms with E-state index < -0.39 is 5.60 Å². The summed E-state index contributed by atoms with van der Waals surface area (Å²) < 4.78 is 0. The third-order valence-corrected chi connectivity index (χ3v) is 3.26. The number of anilines is 1. The largest absolute Gasteiger partial charge is 0.392 e. The van der Waals surface area contributed by atoms with Crippen molar-refractivity contribution in [2.45, 2.75) is 25.6 Å². The van der Waals surface area contributed by atoms with Crippen LogP contribution in [0.15, 0.2) is 48.8 Å². The van der Waals surface area contributed by atoms with Gasteiger partial charge < -0.3 is 15.5 Å². The molecule has 5 nitrogen and oxygen atoms in total. The van der Waals surface area contributed by atoms with Gasteiger partial charge in [-0.3, -0.25) is 9.78 Å². The summed E-state index contributed by atoms with van der Waals surface area (Å²) >= 11 is 0. The zero-order valence-electron chi connectivity index (χ0n) is 11.8. The summed E-state index contributed by atoms with van der Waals surface area (Å²) in [6, 6.07) is 10.7. The first-order chi connectivity index (χ1) is 10.0. The molecule has 5 heteroatoms. The Morgan fingerprint density at radius 3 is 2.67 bits per heavy atom. The maximum absolute atomic E-state index is 12.1. The predicted octanol–water partition coefficient (Wildman–Crippen LogP) is 1.81. The van der Waals surface area contributed by atoms with Crippen LogP contribution in [0.5, 0.6) is 0 Å². The molecule has 0 fully saturated rings. The summed E-state index contributed by atoms with van der Waals surface area (Å²) in [6.45, 7) is 1.41. The van der Waals surface area contributed by atoms with Crippen molar-refractivity contribution in [3.8, 4) is 0 Å². The maximum atomic E-state index is 12.1. The monoisotopic (exact) mass is 286 g/mol. The number of amides is 1. The van der Waals surface area contributed by atoms with E-state index in [1.54, 1.807) is 31.3 Å². The lowest BCUT2D eigenvalue weighted by Crippen LogP contribution is -2.28. The molecular formula is C16H18N2O3. The van der Waals surface area contributed by atoms with Crippen molar-refractivity contribution in [1.82, 2.24) is 4.98 Å². The zero-order valence-corrected chi connectivity index (χ0v) is 11.8. The van der Waals surface area contributed by atoms with E-state index in [4.69, 9.17) is 0 Å². The lowest BCUT2D eigenvalue weighted by molar-refractivity contribution is -0.120. The van der Waals surface area contributed by atoms with E-state index in [1.165, 1.54) is 6.20 Å². The highest BCUT2D eigenvalue weighted by Gasteiger charge is 2.26. The summed E-state index contributed by atoms with van der Waals surface area (Å²) in [6.07, 6.45) is 2.93. The molecule has 21 heavy (non-hydrogen) atoms. The van der Waals surface area contributed by atoms with Crippen LogP contribution in [0.3, 0.4) is 0 Å². The van der Waals surface area contributed by atoms with Gasteiger partial charge in [-0.05, 0) is 18.6 Å². The van der Waals surface area contributed by atoms with Gasteiger partial charge in [0.05, 0.1) is 30.5 Å². The summed E-state index contributed by atoms with van der Waals surface area (Å²) in [4.78, 5) is 16.0. The highest BCUT2D eigenvalue weighted by atomic mass is 16.3. The van der Waals surface area contributed by atoms with Gasteiger partial charge in [-0.15, -0.1) is 0 Å². The molecule has 1 amide bonds. The number of pyridine rings is 1. The number of carbonyl (C=O) groups excluding carboxylic acids is 1. The standard InChI is InChI=1S/C16H18N2O3/c1-16(21,13-5-3-2-4-6-13)9-15(20)18-14-10-17-8-7-12(14)11-19/h2-8,10,19,21H,9,11H2,1H3,(H,18,20). The van der Waals surface area contributed by atoms with Gasteiger partial charge in [-0.1, -0.05) is 30.3 Å². The lowest BCUT2D eigenvalue weighted by atomic mass is 9.92. The Labute approximate surface area is 123 Å². The second-order valence-corrected chi connectivity index (χ2v) is 5.06. The lowest BCUT2D eigenvalue weighted by Gasteiger charge is -2.23. The van der Waals surface area contributed by atoms with E-state index in [0.717, 1.165) is 0 Å². The molecule has 1 heterocycles. The number of rotatable bonds is 5. The van der Waals surface area contributed by atoms with Crippen LogP contribution in [0.25, 0.3) is 0 Å². The van der Waals surface area contributed by atoms with Gasteiger partial charge in [0.1, 0.15) is 0 Å². The van der Waals surface area contributed by atoms with Gasteiger partial charge in [-0.2, -0.15) is 0 Å². The van der Waals surface area contributed by atoms with Crippen LogP contribution in [-0.4, -0.2) is 21.1 Å². The third kappa shape index (κ3) is 3.87. The number of hydrogen-bond donors (Lipinski definition) is 3. The highest BCUT2D eigenvalue weighted by molar-refractivity contribution is 5.92. The predicted molar refractivity (Wildman–Crippen MR) is 79.4 cm³/mol. The van der Waals surface area contributed by atoms with E-state index in [1.807, 2.05) is 18.2 Å². The number of carbonyl (C=O) groups is 1. The fraction of sp³-hybridized carbons (Fsp3) is 0.250. The van der Waals surface area contributed by atoms with Gasteiger partial charge in [-0.25, -0.2) is 0 Å². The van der Waals surface area contributed by atoms with E-state index in [-0.39, 0.29) is 18.9 Å². The van der Waals surface area contributed by atoms with Crippen molar-refractivity contribution in [1.29, 1.82) is 0 Å². The van der Waals surface area contributed by atoms with E-state index in [0.29, 0.717) is 16.8 Å². The number of nitrogens with zero attached hydrogens (tertiary/aromatic N) is 1. The fourth-order valence-electron chi connectivity index (χ4n) is 2.08. The van der Waals surface area contributed by atoms with Crippen LogP contribution in [0.1, 0.15) is 24.5 Å². The van der Waals surface area contributed by atoms with Gasteiger partial charge >= 0.3 is 0 Å². The highest BCUT2D eigenvalue weighted by Crippen LogP contribution is 2.25. The Hall–Kier alpha value is -2.24. The van der Waals surface area contributed by atoms with E-state index in [9.17, 15) is 15.0 Å². The molecule has 3 N–H and O–H groups in total. The quantitative estimate of drug-likeness (QED) is 0.783. The number of aromatic nitrogens is 1. The van der Waals surface area contributed by atoms with Crippen LogP contribution in [0.4, 0.5) is 5.69 Å². The summed E-state index contributed by atoms with van der Waals surface area (Å²) in [5.74, 6) is -0.341. The van der Waals surface area contributed by atoms with E-state index in [2.05, 4.69) is 10.3 Å². The Kier molecular flexibility index (Phi) is 4.67. The molecule has 0 aliphatic rings. The molecule has 0 radical (unpaired) electrons. The third-order valence-electron chi connectivity index (χ3n) is 3.26. The SMILES string of the molecule is CC(O)(CC(=O)Nc1cnccc1CO)c1ccccc1. The molecule has 0 aliphatic carbocycles. The number of aliphatic hydroxyl groups is 2. The molecular weight excluding hydrogens is 268 g/mol. The normalized spacial score (nSPS) is 13.5. The van der Waals surface area contributed by atoms with Crippen molar-refractivity contribution in [2.75, 3.05) is 5.32 Å². The zero-order chi connectivity index (χ0) is 15.3. The minimum Gasteiger partial charge on any atom is -0.392 e. The number of aliphatic hydroxyl groups excluding tert-OH is 1. The number of benzene rings is 1. The van der Waals surface area contributed by atoms with Gasteiger partial charge in [0.15, 0.2) is 0 Å². The second kappa shape index (κ2) is 6.47. The first kappa shape index (κ1) is 15.2. The molecule has 1 unspecified atom stereocenters. The Morgan fingerprint density at radius 1 is 1.29 bits per heavy atom. The molecule has 110 valence electrons. The van der Waals surface area contributed by atoms with Gasteiger partial charge in [0.25, 0.3) is 0 Å². The van der Waals surface area contributed by atoms with Crippen molar-refractivity contribution in [3.05, 3.63) is 59.9 Å². The topological polar surface area (TPSA) is 82.5 Å². The number of hydrogen-bond acceptors (Lipinski definition) is 4. The summed E-state index contributed by atoms with van der Waals surface area (Å²) in [5, 5.41) is 22.3. The molecule has 1 atom stereocenters. The molecule has 2 aromatic rings. The van der Waals surface area contributed by atoms with Crippen LogP contribution >= 0.6 is 0 Å². The van der Waals surface area contributed by atoms with E-state index >= 15 is 0 Å². The number of nitrogens with one attached hydrogen (secondary N) is 1. The minimum atomic E-state index is -1.26. The van der Waals surface area contributed by atoms with Crippen molar-refractivity contribution in [2.24, 2.45) is 0 Å². The molecule has 0 aliphatic heterocycles. The van der Waals surface area contributed by atoms with Crippen LogP contribution in [0, 0.1) is 0 Å². The molecule has 1 aromatic heterocycles. The van der Waals surface area contributed by atoms with Crippen molar-refractivity contribution < 1.29 is 15.0 Å². The van der Waals surface area contributed by atoms with Gasteiger partial charge in [0, 0.05) is 11.8 Å². The van der Waals surface area contributed by atoms with Crippen molar-refractivity contribution >= 4 is 11.6 Å².